The molecule has 28 heavy (non-hydrogen) atoms. The summed E-state index contributed by atoms with van der Waals surface area (Å²) in [5, 5.41) is 9.45. The molecule has 5 nitrogen and oxygen atoms in total. The van der Waals surface area contributed by atoms with Gasteiger partial charge in [0.1, 0.15) is 0 Å². The standard InChI is InChI=1S/C22H18N4OS/c1-16-8-5-6-12-19(16)26-21(18-11-7-13-23-14-18)24-25-22(26)28-15-20(27)17-9-3-2-4-10-17/h2-14H,15H2,1H3. The van der Waals surface area contributed by atoms with Crippen molar-refractivity contribution in [2.45, 2.75) is 12.1 Å². The minimum absolute atomic E-state index is 0.0628. The van der Waals surface area contributed by atoms with Crippen LogP contribution >= 0.6 is 11.8 Å². The van der Waals surface area contributed by atoms with Crippen LogP contribution in [0.4, 0.5) is 0 Å². The van der Waals surface area contributed by atoms with Crippen molar-refractivity contribution in [2.24, 2.45) is 0 Å². The average molecular weight is 386 g/mol. The minimum atomic E-state index is 0.0628. The van der Waals surface area contributed by atoms with Gasteiger partial charge >= 0.3 is 0 Å². The third-order valence-corrected chi connectivity index (χ3v) is 5.27. The van der Waals surface area contributed by atoms with E-state index in [1.165, 1.54) is 11.8 Å². The first-order valence-electron chi connectivity index (χ1n) is 8.87. The van der Waals surface area contributed by atoms with Crippen molar-refractivity contribution in [2.75, 3.05) is 5.75 Å². The highest BCUT2D eigenvalue weighted by Crippen LogP contribution is 2.29. The lowest BCUT2D eigenvalue weighted by Gasteiger charge is -2.12. The molecule has 2 heterocycles. The number of carbonyl (C=O) groups is 1. The van der Waals surface area contributed by atoms with Gasteiger partial charge < -0.3 is 0 Å². The lowest BCUT2D eigenvalue weighted by molar-refractivity contribution is 0.102. The summed E-state index contributed by atoms with van der Waals surface area (Å²) in [6.07, 6.45) is 3.49. The molecule has 4 rings (SSSR count). The number of hydrogen-bond acceptors (Lipinski definition) is 5. The van der Waals surface area contributed by atoms with E-state index in [-0.39, 0.29) is 5.78 Å². The van der Waals surface area contributed by atoms with E-state index < -0.39 is 0 Å². The van der Waals surface area contributed by atoms with Crippen LogP contribution in [-0.4, -0.2) is 31.3 Å². The number of pyridine rings is 1. The number of ketones is 1. The van der Waals surface area contributed by atoms with Crippen molar-refractivity contribution in [1.29, 1.82) is 0 Å². The number of benzene rings is 2. The average Bonchev–Trinajstić information content (AvgIpc) is 3.17. The molecule has 0 aliphatic carbocycles. The van der Waals surface area contributed by atoms with Crippen LogP contribution in [0.2, 0.25) is 0 Å². The fraction of sp³-hybridized carbons (Fsp3) is 0.0909. The van der Waals surface area contributed by atoms with Crippen molar-refractivity contribution >= 4 is 17.5 Å². The van der Waals surface area contributed by atoms with Crippen molar-refractivity contribution in [1.82, 2.24) is 19.7 Å². The molecule has 0 spiro atoms. The largest absolute Gasteiger partial charge is 0.293 e. The van der Waals surface area contributed by atoms with Crippen molar-refractivity contribution < 1.29 is 4.79 Å². The van der Waals surface area contributed by atoms with E-state index in [4.69, 9.17) is 0 Å². The van der Waals surface area contributed by atoms with E-state index in [0.717, 1.165) is 16.8 Å². The number of thioether (sulfide) groups is 1. The smallest absolute Gasteiger partial charge is 0.196 e. The second-order valence-corrected chi connectivity index (χ2v) is 7.19. The second-order valence-electron chi connectivity index (χ2n) is 6.25. The first kappa shape index (κ1) is 18.1. The molecule has 0 bridgehead atoms. The highest BCUT2D eigenvalue weighted by Gasteiger charge is 2.18. The molecule has 0 N–H and O–H groups in total. The highest BCUT2D eigenvalue weighted by molar-refractivity contribution is 7.99. The molecule has 0 radical (unpaired) electrons. The topological polar surface area (TPSA) is 60.7 Å². The Kier molecular flexibility index (Phi) is 5.30. The SMILES string of the molecule is Cc1ccccc1-n1c(SCC(=O)c2ccccc2)nnc1-c1cccnc1. The van der Waals surface area contributed by atoms with Gasteiger partial charge in [-0.3, -0.25) is 14.3 Å². The fourth-order valence-corrected chi connectivity index (χ4v) is 3.75. The van der Waals surface area contributed by atoms with Crippen LogP contribution in [-0.2, 0) is 0 Å². The second kappa shape index (κ2) is 8.19. The molecule has 0 aliphatic heterocycles. The predicted molar refractivity (Wildman–Crippen MR) is 111 cm³/mol. The molecule has 0 saturated heterocycles. The summed E-state index contributed by atoms with van der Waals surface area (Å²) >= 11 is 1.39. The van der Waals surface area contributed by atoms with Crippen LogP contribution in [0.5, 0.6) is 0 Å². The molecule has 0 aliphatic rings. The van der Waals surface area contributed by atoms with E-state index >= 15 is 0 Å². The van der Waals surface area contributed by atoms with Crippen LogP contribution in [0, 0.1) is 6.92 Å². The Balaban J connectivity index is 1.71. The third-order valence-electron chi connectivity index (χ3n) is 4.34. The van der Waals surface area contributed by atoms with Crippen molar-refractivity contribution in [3.05, 3.63) is 90.3 Å². The summed E-state index contributed by atoms with van der Waals surface area (Å²) in [5.41, 5.74) is 3.66. The van der Waals surface area contributed by atoms with Crippen LogP contribution in [0.1, 0.15) is 15.9 Å². The zero-order chi connectivity index (χ0) is 19.3. The molecular weight excluding hydrogens is 368 g/mol. The Bertz CT molecular complexity index is 1090. The number of rotatable bonds is 6. The maximum Gasteiger partial charge on any atom is 0.196 e. The third kappa shape index (κ3) is 3.73. The Morgan fingerprint density at radius 3 is 2.50 bits per heavy atom. The number of carbonyl (C=O) groups excluding carboxylic acids is 1. The first-order chi connectivity index (χ1) is 13.7. The Morgan fingerprint density at radius 1 is 0.964 bits per heavy atom. The maximum atomic E-state index is 12.5. The van der Waals surface area contributed by atoms with Gasteiger partial charge in [0.25, 0.3) is 0 Å². The lowest BCUT2D eigenvalue weighted by Crippen LogP contribution is -2.05. The van der Waals surface area contributed by atoms with Gasteiger partial charge in [-0.15, -0.1) is 10.2 Å². The zero-order valence-electron chi connectivity index (χ0n) is 15.3. The van der Waals surface area contributed by atoms with Crippen LogP contribution in [0.15, 0.2) is 84.3 Å². The summed E-state index contributed by atoms with van der Waals surface area (Å²) < 4.78 is 2.00. The molecule has 0 amide bonds. The number of hydrogen-bond donors (Lipinski definition) is 0. The van der Waals surface area contributed by atoms with Gasteiger partial charge in [0.15, 0.2) is 16.8 Å². The summed E-state index contributed by atoms with van der Waals surface area (Å²) in [5.74, 6) is 1.06. The monoisotopic (exact) mass is 386 g/mol. The number of aryl methyl sites for hydroxylation is 1. The molecule has 2 aromatic heterocycles. The fourth-order valence-electron chi connectivity index (χ4n) is 2.91. The molecule has 4 aromatic rings. The molecule has 0 fully saturated rings. The van der Waals surface area contributed by atoms with Gasteiger partial charge in [-0.25, -0.2) is 0 Å². The quantitative estimate of drug-likeness (QED) is 0.358. The van der Waals surface area contributed by atoms with Gasteiger partial charge in [-0.05, 0) is 30.7 Å². The Labute approximate surface area is 167 Å². The number of nitrogens with zero attached hydrogens (tertiary/aromatic N) is 4. The van der Waals surface area contributed by atoms with Crippen LogP contribution in [0.25, 0.3) is 17.1 Å². The van der Waals surface area contributed by atoms with E-state index in [2.05, 4.69) is 15.2 Å². The number of aromatic nitrogens is 4. The zero-order valence-corrected chi connectivity index (χ0v) is 16.1. The molecule has 0 atom stereocenters. The van der Waals surface area contributed by atoms with Crippen molar-refractivity contribution in [3.63, 3.8) is 0 Å². The van der Waals surface area contributed by atoms with Crippen molar-refractivity contribution in [3.8, 4) is 17.1 Å². The van der Waals surface area contributed by atoms with E-state index in [1.807, 2.05) is 78.2 Å². The normalized spacial score (nSPS) is 10.8. The molecule has 2 aromatic carbocycles. The molecule has 6 heteroatoms. The van der Waals surface area contributed by atoms with E-state index in [1.54, 1.807) is 12.4 Å². The summed E-state index contributed by atoms with van der Waals surface area (Å²) in [4.78, 5) is 16.7. The maximum absolute atomic E-state index is 12.5. The number of Topliss-reactive ketones (excluding diaryl/α,β-unsaturated/α-hetero) is 1. The van der Waals surface area contributed by atoms with E-state index in [0.29, 0.717) is 22.3 Å². The molecule has 0 saturated carbocycles. The van der Waals surface area contributed by atoms with Gasteiger partial charge in [-0.2, -0.15) is 0 Å². The minimum Gasteiger partial charge on any atom is -0.293 e. The van der Waals surface area contributed by atoms with Crippen LogP contribution < -0.4 is 0 Å². The lowest BCUT2D eigenvalue weighted by atomic mass is 10.2. The number of para-hydroxylation sites is 1. The van der Waals surface area contributed by atoms with Gasteiger partial charge in [0.2, 0.25) is 0 Å². The highest BCUT2D eigenvalue weighted by atomic mass is 32.2. The summed E-state index contributed by atoms with van der Waals surface area (Å²) in [7, 11) is 0. The summed E-state index contributed by atoms with van der Waals surface area (Å²) in [6.45, 7) is 2.05. The van der Waals surface area contributed by atoms with Gasteiger partial charge in [0.05, 0.1) is 11.4 Å². The molecular formula is C22H18N4OS. The predicted octanol–water partition coefficient (Wildman–Crippen LogP) is 4.61. The first-order valence-corrected chi connectivity index (χ1v) is 9.85. The van der Waals surface area contributed by atoms with Crippen LogP contribution in [0.3, 0.4) is 0 Å². The summed E-state index contributed by atoms with van der Waals surface area (Å²) in [6, 6.07) is 21.2. The Morgan fingerprint density at radius 2 is 1.75 bits per heavy atom. The molecule has 138 valence electrons. The van der Waals surface area contributed by atoms with Gasteiger partial charge in [0, 0.05) is 23.5 Å². The van der Waals surface area contributed by atoms with Gasteiger partial charge in [-0.1, -0.05) is 60.3 Å². The Hall–Kier alpha value is -3.25. The molecule has 0 unspecified atom stereocenters. The van der Waals surface area contributed by atoms with E-state index in [9.17, 15) is 4.79 Å².